The summed E-state index contributed by atoms with van der Waals surface area (Å²) in [6.07, 6.45) is 4.58. The van der Waals surface area contributed by atoms with E-state index in [9.17, 15) is 0 Å². The van der Waals surface area contributed by atoms with Gasteiger partial charge in [0.25, 0.3) is 0 Å². The molecule has 2 aromatic carbocycles. The van der Waals surface area contributed by atoms with Crippen molar-refractivity contribution in [2.24, 2.45) is 10.7 Å². The van der Waals surface area contributed by atoms with Gasteiger partial charge in [-0.1, -0.05) is 18.2 Å². The van der Waals surface area contributed by atoms with Gasteiger partial charge in [-0.2, -0.15) is 5.10 Å². The summed E-state index contributed by atoms with van der Waals surface area (Å²) in [5.74, 6) is 1.69. The summed E-state index contributed by atoms with van der Waals surface area (Å²) in [6.45, 7) is 0.547. The quantitative estimate of drug-likeness (QED) is 0.299. The molecule has 0 aliphatic rings. The third kappa shape index (κ3) is 5.62. The smallest absolute Gasteiger partial charge is 0.193 e. The molecule has 28 heavy (non-hydrogen) atoms. The third-order valence-electron chi connectivity index (χ3n) is 4.01. The number of nitrogens with zero attached hydrogens (tertiary/aromatic N) is 3. The minimum atomic E-state index is 0. The molecule has 1 aromatic heterocycles. The lowest BCUT2D eigenvalue weighted by atomic mass is 10.2. The van der Waals surface area contributed by atoms with Crippen LogP contribution in [0.5, 0.6) is 11.5 Å². The van der Waals surface area contributed by atoms with Gasteiger partial charge in [0.15, 0.2) is 5.96 Å². The highest BCUT2D eigenvalue weighted by atomic mass is 127. The van der Waals surface area contributed by atoms with E-state index in [1.807, 2.05) is 65.6 Å². The highest BCUT2D eigenvalue weighted by molar-refractivity contribution is 14.0. The maximum Gasteiger partial charge on any atom is 0.193 e. The summed E-state index contributed by atoms with van der Waals surface area (Å²) in [7, 11) is 3.21. The number of para-hydroxylation sites is 1. The van der Waals surface area contributed by atoms with Gasteiger partial charge >= 0.3 is 0 Å². The fourth-order valence-electron chi connectivity index (χ4n) is 2.61. The van der Waals surface area contributed by atoms with Crippen molar-refractivity contribution >= 4 is 35.6 Å². The molecular weight excluding hydrogens is 469 g/mol. The van der Waals surface area contributed by atoms with Gasteiger partial charge in [0, 0.05) is 18.8 Å². The van der Waals surface area contributed by atoms with Crippen LogP contribution in [-0.2, 0) is 6.42 Å². The van der Waals surface area contributed by atoms with E-state index in [1.165, 1.54) is 0 Å². The lowest BCUT2D eigenvalue weighted by Gasteiger charge is -2.12. The van der Waals surface area contributed by atoms with Crippen LogP contribution in [0.25, 0.3) is 5.69 Å². The van der Waals surface area contributed by atoms with Crippen LogP contribution in [0.3, 0.4) is 0 Å². The van der Waals surface area contributed by atoms with Gasteiger partial charge in [-0.15, -0.1) is 24.0 Å². The molecule has 7 nitrogen and oxygen atoms in total. The van der Waals surface area contributed by atoms with Crippen molar-refractivity contribution in [2.45, 2.75) is 6.42 Å². The molecule has 0 radical (unpaired) electrons. The number of halogens is 1. The Kier molecular flexibility index (Phi) is 8.12. The van der Waals surface area contributed by atoms with Crippen molar-refractivity contribution in [3.05, 3.63) is 66.5 Å². The molecule has 3 rings (SSSR count). The van der Waals surface area contributed by atoms with Crippen molar-refractivity contribution in [1.29, 1.82) is 0 Å². The van der Waals surface area contributed by atoms with Gasteiger partial charge < -0.3 is 20.5 Å². The van der Waals surface area contributed by atoms with Crippen molar-refractivity contribution in [3.8, 4) is 17.2 Å². The topological polar surface area (TPSA) is 86.7 Å². The minimum absolute atomic E-state index is 0. The van der Waals surface area contributed by atoms with Gasteiger partial charge in [-0.25, -0.2) is 4.68 Å². The number of nitrogens with one attached hydrogen (secondary N) is 1. The number of hydrogen-bond donors (Lipinski definition) is 2. The monoisotopic (exact) mass is 493 g/mol. The standard InChI is InChI=1S/C20H23N5O2.HI/c1-26-17-8-9-19(27-2)18(12-17)24-20(21)22-11-10-15-13-23-25(14-15)16-6-4-3-5-7-16;/h3-9,12-14H,10-11H2,1-2H3,(H3,21,22,24);1H. The molecule has 0 spiro atoms. The number of methoxy groups -OCH3 is 2. The van der Waals surface area contributed by atoms with Gasteiger partial charge in [0.2, 0.25) is 0 Å². The molecule has 148 valence electrons. The number of ether oxygens (including phenoxy) is 2. The van der Waals surface area contributed by atoms with Crippen molar-refractivity contribution in [2.75, 3.05) is 26.1 Å². The lowest BCUT2D eigenvalue weighted by molar-refractivity contribution is 0.405. The molecule has 0 atom stereocenters. The number of aromatic nitrogens is 2. The Labute approximate surface area is 181 Å². The van der Waals surface area contributed by atoms with E-state index in [0.717, 1.165) is 17.7 Å². The Bertz CT molecular complexity index is 912. The molecule has 0 saturated heterocycles. The lowest BCUT2D eigenvalue weighted by Crippen LogP contribution is -2.23. The second kappa shape index (κ2) is 10.5. The Hall–Kier alpha value is -2.75. The van der Waals surface area contributed by atoms with Crippen molar-refractivity contribution in [1.82, 2.24) is 9.78 Å². The number of hydrogen-bond acceptors (Lipinski definition) is 4. The highest BCUT2D eigenvalue weighted by Gasteiger charge is 2.06. The van der Waals surface area contributed by atoms with Crippen molar-refractivity contribution < 1.29 is 9.47 Å². The van der Waals surface area contributed by atoms with E-state index in [4.69, 9.17) is 15.2 Å². The zero-order valence-corrected chi connectivity index (χ0v) is 18.2. The highest BCUT2D eigenvalue weighted by Crippen LogP contribution is 2.28. The first-order chi connectivity index (χ1) is 13.2. The summed E-state index contributed by atoms with van der Waals surface area (Å²) in [4.78, 5) is 4.38. The Morgan fingerprint density at radius 3 is 2.64 bits per heavy atom. The summed E-state index contributed by atoms with van der Waals surface area (Å²) in [6, 6.07) is 15.4. The van der Waals surface area contributed by atoms with Crippen LogP contribution in [0.1, 0.15) is 5.56 Å². The van der Waals surface area contributed by atoms with E-state index in [1.54, 1.807) is 14.2 Å². The average Bonchev–Trinajstić information content (AvgIpc) is 3.17. The van der Waals surface area contributed by atoms with Crippen LogP contribution in [0, 0.1) is 0 Å². The molecule has 8 heteroatoms. The molecule has 3 aromatic rings. The van der Waals surface area contributed by atoms with Crippen molar-refractivity contribution in [3.63, 3.8) is 0 Å². The van der Waals surface area contributed by atoms with Gasteiger partial charge in [0.05, 0.1) is 31.8 Å². The van der Waals surface area contributed by atoms with Gasteiger partial charge in [-0.3, -0.25) is 4.99 Å². The molecule has 3 N–H and O–H groups in total. The summed E-state index contributed by atoms with van der Waals surface area (Å²) in [5.41, 5.74) is 8.83. The first-order valence-corrected chi connectivity index (χ1v) is 8.57. The van der Waals surface area contributed by atoms with Crippen LogP contribution in [0.15, 0.2) is 65.9 Å². The van der Waals surface area contributed by atoms with E-state index in [-0.39, 0.29) is 24.0 Å². The zero-order chi connectivity index (χ0) is 19.1. The number of benzene rings is 2. The molecule has 0 saturated carbocycles. The van der Waals surface area contributed by atoms with Crippen LogP contribution >= 0.6 is 24.0 Å². The zero-order valence-electron chi connectivity index (χ0n) is 15.8. The maximum absolute atomic E-state index is 6.00. The van der Waals surface area contributed by atoms with E-state index < -0.39 is 0 Å². The fourth-order valence-corrected chi connectivity index (χ4v) is 2.61. The van der Waals surface area contributed by atoms with E-state index in [0.29, 0.717) is 29.7 Å². The second-order valence-electron chi connectivity index (χ2n) is 5.84. The molecular formula is C20H24IN5O2. The molecule has 0 fully saturated rings. The Morgan fingerprint density at radius 2 is 1.93 bits per heavy atom. The fraction of sp³-hybridized carbons (Fsp3) is 0.200. The summed E-state index contributed by atoms with van der Waals surface area (Å²) >= 11 is 0. The summed E-state index contributed by atoms with van der Waals surface area (Å²) < 4.78 is 12.4. The molecule has 0 amide bonds. The molecule has 0 unspecified atom stereocenters. The first-order valence-electron chi connectivity index (χ1n) is 8.57. The molecule has 0 aliphatic carbocycles. The first kappa shape index (κ1) is 21.5. The predicted octanol–water partition coefficient (Wildman–Crippen LogP) is 3.48. The Morgan fingerprint density at radius 1 is 1.14 bits per heavy atom. The van der Waals surface area contributed by atoms with E-state index >= 15 is 0 Å². The normalized spacial score (nSPS) is 10.9. The maximum atomic E-state index is 6.00. The molecule has 0 bridgehead atoms. The van der Waals surface area contributed by atoms with Crippen LogP contribution < -0.4 is 20.5 Å². The molecule has 0 aliphatic heterocycles. The van der Waals surface area contributed by atoms with Crippen LogP contribution in [-0.4, -0.2) is 36.5 Å². The molecule has 1 heterocycles. The summed E-state index contributed by atoms with van der Waals surface area (Å²) in [5, 5.41) is 7.44. The number of aliphatic imine (C=N–C) groups is 1. The van der Waals surface area contributed by atoms with Gasteiger partial charge in [0.1, 0.15) is 11.5 Å². The second-order valence-corrected chi connectivity index (χ2v) is 5.84. The predicted molar refractivity (Wildman–Crippen MR) is 122 cm³/mol. The Balaban J connectivity index is 0.00000280. The number of rotatable bonds is 7. The van der Waals surface area contributed by atoms with Crippen LogP contribution in [0.4, 0.5) is 5.69 Å². The average molecular weight is 493 g/mol. The number of guanidine groups is 1. The third-order valence-corrected chi connectivity index (χ3v) is 4.01. The minimum Gasteiger partial charge on any atom is -0.497 e. The largest absolute Gasteiger partial charge is 0.497 e. The SMILES string of the molecule is COc1ccc(OC)c(NC(N)=NCCc2cnn(-c3ccccc3)c2)c1.I. The number of nitrogens with two attached hydrogens (primary N) is 1. The van der Waals surface area contributed by atoms with Crippen LogP contribution in [0.2, 0.25) is 0 Å². The van der Waals surface area contributed by atoms with E-state index in [2.05, 4.69) is 15.4 Å². The van der Waals surface area contributed by atoms with Gasteiger partial charge in [-0.05, 0) is 36.2 Å². The number of anilines is 1.